The molecule has 0 aromatic carbocycles. The van der Waals surface area contributed by atoms with Gasteiger partial charge in [-0.05, 0) is 31.7 Å². The van der Waals surface area contributed by atoms with Crippen LogP contribution in [0.3, 0.4) is 0 Å². The summed E-state index contributed by atoms with van der Waals surface area (Å²) in [5, 5.41) is 3.40. The van der Waals surface area contributed by atoms with Crippen molar-refractivity contribution in [2.24, 2.45) is 5.92 Å². The van der Waals surface area contributed by atoms with Crippen molar-refractivity contribution in [3.05, 3.63) is 0 Å². The summed E-state index contributed by atoms with van der Waals surface area (Å²) in [6.07, 6.45) is 8.09. The maximum absolute atomic E-state index is 5.29. The lowest BCUT2D eigenvalue weighted by Crippen LogP contribution is -2.43. The smallest absolute Gasteiger partial charge is 0.0490 e. The molecule has 3 nitrogen and oxygen atoms in total. The Morgan fingerprint density at radius 3 is 2.56 bits per heavy atom. The third-order valence-corrected chi connectivity index (χ3v) is 3.90. The highest BCUT2D eigenvalue weighted by atomic mass is 16.5. The van der Waals surface area contributed by atoms with Gasteiger partial charge in [0.05, 0.1) is 0 Å². The van der Waals surface area contributed by atoms with Gasteiger partial charge in [0, 0.05) is 39.9 Å². The average Bonchev–Trinajstić information content (AvgIpc) is 2.40. The molecule has 1 saturated heterocycles. The highest BCUT2D eigenvalue weighted by molar-refractivity contribution is 4.67. The maximum atomic E-state index is 5.29. The van der Waals surface area contributed by atoms with Crippen LogP contribution >= 0.6 is 0 Å². The Kier molecular flexibility index (Phi) is 9.54. The van der Waals surface area contributed by atoms with Gasteiger partial charge < -0.3 is 15.0 Å². The quantitative estimate of drug-likeness (QED) is 0.608. The van der Waals surface area contributed by atoms with Crippen molar-refractivity contribution < 1.29 is 4.74 Å². The van der Waals surface area contributed by atoms with Crippen LogP contribution < -0.4 is 5.32 Å². The van der Waals surface area contributed by atoms with Crippen LogP contribution in [0.25, 0.3) is 0 Å². The molecule has 1 aliphatic rings. The molecule has 0 aromatic rings. The Hall–Kier alpha value is -0.120. The molecular formula is C15H32N2O. The topological polar surface area (TPSA) is 24.5 Å². The van der Waals surface area contributed by atoms with Crippen molar-refractivity contribution in [2.75, 3.05) is 46.4 Å². The fourth-order valence-electron chi connectivity index (χ4n) is 2.83. The van der Waals surface area contributed by atoms with Crippen LogP contribution in [-0.2, 0) is 4.74 Å². The zero-order valence-corrected chi connectivity index (χ0v) is 12.4. The first-order valence-electron chi connectivity index (χ1n) is 7.78. The Labute approximate surface area is 113 Å². The van der Waals surface area contributed by atoms with Crippen molar-refractivity contribution in [1.82, 2.24) is 10.2 Å². The number of nitrogens with zero attached hydrogens (tertiary/aromatic N) is 1. The molecule has 18 heavy (non-hydrogen) atoms. The molecule has 0 saturated carbocycles. The van der Waals surface area contributed by atoms with Crippen LogP contribution in [0.2, 0.25) is 0 Å². The van der Waals surface area contributed by atoms with Crippen LogP contribution in [0.5, 0.6) is 0 Å². The van der Waals surface area contributed by atoms with E-state index in [1.807, 2.05) is 7.11 Å². The second kappa shape index (κ2) is 10.8. The molecule has 1 heterocycles. The lowest BCUT2D eigenvalue weighted by atomic mass is 9.97. The minimum atomic E-state index is 0.791. The fraction of sp³-hybridized carbons (Fsp3) is 1.00. The molecule has 1 unspecified atom stereocenters. The molecule has 108 valence electrons. The van der Waals surface area contributed by atoms with Gasteiger partial charge in [-0.15, -0.1) is 0 Å². The van der Waals surface area contributed by atoms with E-state index in [2.05, 4.69) is 17.1 Å². The van der Waals surface area contributed by atoms with Crippen molar-refractivity contribution >= 4 is 0 Å². The van der Waals surface area contributed by atoms with E-state index in [1.54, 1.807) is 0 Å². The molecule has 1 rings (SSSR count). The summed E-state index contributed by atoms with van der Waals surface area (Å²) in [7, 11) is 1.83. The number of unbranched alkanes of at least 4 members (excludes halogenated alkanes) is 2. The molecule has 1 N–H and O–H groups in total. The number of rotatable bonds is 10. The van der Waals surface area contributed by atoms with E-state index < -0.39 is 0 Å². The highest BCUT2D eigenvalue weighted by Crippen LogP contribution is 2.16. The summed E-state index contributed by atoms with van der Waals surface area (Å²) in [6.45, 7) is 9.34. The number of methoxy groups -OCH3 is 1. The van der Waals surface area contributed by atoms with Gasteiger partial charge in [0.2, 0.25) is 0 Å². The Morgan fingerprint density at radius 1 is 1.11 bits per heavy atom. The Morgan fingerprint density at radius 2 is 1.89 bits per heavy atom. The summed E-state index contributed by atoms with van der Waals surface area (Å²) < 4.78 is 5.29. The predicted molar refractivity (Wildman–Crippen MR) is 78.1 cm³/mol. The zero-order chi connectivity index (χ0) is 13.1. The van der Waals surface area contributed by atoms with E-state index in [9.17, 15) is 0 Å². The van der Waals surface area contributed by atoms with E-state index in [0.717, 1.165) is 12.5 Å². The number of hydrogen-bond donors (Lipinski definition) is 1. The van der Waals surface area contributed by atoms with E-state index in [4.69, 9.17) is 4.74 Å². The van der Waals surface area contributed by atoms with Crippen LogP contribution in [-0.4, -0.2) is 51.3 Å². The number of nitrogens with one attached hydrogen (secondary N) is 1. The van der Waals surface area contributed by atoms with Crippen molar-refractivity contribution in [1.29, 1.82) is 0 Å². The zero-order valence-electron chi connectivity index (χ0n) is 12.4. The van der Waals surface area contributed by atoms with Crippen molar-refractivity contribution in [2.45, 2.75) is 45.4 Å². The second-order valence-electron chi connectivity index (χ2n) is 5.55. The summed E-state index contributed by atoms with van der Waals surface area (Å²) in [5.41, 5.74) is 0. The van der Waals surface area contributed by atoms with Gasteiger partial charge in [0.25, 0.3) is 0 Å². The average molecular weight is 256 g/mol. The molecule has 0 bridgehead atoms. The molecule has 1 fully saturated rings. The van der Waals surface area contributed by atoms with E-state index in [0.29, 0.717) is 0 Å². The minimum Gasteiger partial charge on any atom is -0.384 e. The Balaban J connectivity index is 1.95. The number of piperazine rings is 1. The molecule has 0 radical (unpaired) electrons. The monoisotopic (exact) mass is 256 g/mol. The molecule has 1 aliphatic heterocycles. The van der Waals surface area contributed by atoms with Crippen LogP contribution in [0.1, 0.15) is 45.4 Å². The molecule has 0 aliphatic carbocycles. The Bertz CT molecular complexity index is 175. The van der Waals surface area contributed by atoms with Crippen molar-refractivity contribution in [3.63, 3.8) is 0 Å². The molecule has 3 heteroatoms. The van der Waals surface area contributed by atoms with E-state index >= 15 is 0 Å². The third-order valence-electron chi connectivity index (χ3n) is 3.90. The summed E-state index contributed by atoms with van der Waals surface area (Å²) in [6, 6.07) is 0. The van der Waals surface area contributed by atoms with Gasteiger partial charge in [-0.2, -0.15) is 0 Å². The normalized spacial score (nSPS) is 19.0. The van der Waals surface area contributed by atoms with Crippen molar-refractivity contribution in [3.8, 4) is 0 Å². The molecular weight excluding hydrogens is 224 g/mol. The van der Waals surface area contributed by atoms with Gasteiger partial charge in [0.15, 0.2) is 0 Å². The molecule has 1 atom stereocenters. The number of ether oxygens (including phenoxy) is 1. The first-order valence-corrected chi connectivity index (χ1v) is 7.78. The van der Waals surface area contributed by atoms with Gasteiger partial charge in [-0.1, -0.05) is 26.2 Å². The first-order chi connectivity index (χ1) is 8.86. The fourth-order valence-corrected chi connectivity index (χ4v) is 2.83. The summed E-state index contributed by atoms with van der Waals surface area (Å²) >= 11 is 0. The van der Waals surface area contributed by atoms with Crippen LogP contribution in [0, 0.1) is 5.92 Å². The standard InChI is InChI=1S/C15H32N2O/c1-3-7-15(14-18-2)8-5-4-6-11-17-12-9-16-10-13-17/h15-16H,3-14H2,1-2H3. The summed E-state index contributed by atoms with van der Waals surface area (Å²) in [4.78, 5) is 2.59. The third kappa shape index (κ3) is 7.34. The van der Waals surface area contributed by atoms with Gasteiger partial charge >= 0.3 is 0 Å². The lowest BCUT2D eigenvalue weighted by molar-refractivity contribution is 0.140. The second-order valence-corrected chi connectivity index (χ2v) is 5.55. The minimum absolute atomic E-state index is 0.791. The highest BCUT2D eigenvalue weighted by Gasteiger charge is 2.09. The molecule has 0 amide bonds. The first kappa shape index (κ1) is 15.9. The predicted octanol–water partition coefficient (Wildman–Crippen LogP) is 2.51. The summed E-state index contributed by atoms with van der Waals surface area (Å²) in [5.74, 6) is 0.791. The molecule has 0 spiro atoms. The van der Waals surface area contributed by atoms with Crippen LogP contribution in [0.15, 0.2) is 0 Å². The maximum Gasteiger partial charge on any atom is 0.0490 e. The number of hydrogen-bond acceptors (Lipinski definition) is 3. The van der Waals surface area contributed by atoms with E-state index in [1.165, 1.54) is 71.2 Å². The largest absolute Gasteiger partial charge is 0.384 e. The van der Waals surface area contributed by atoms with Gasteiger partial charge in [0.1, 0.15) is 0 Å². The van der Waals surface area contributed by atoms with Gasteiger partial charge in [-0.3, -0.25) is 0 Å². The SMILES string of the molecule is CCCC(CCCCCN1CCNCC1)COC. The van der Waals surface area contributed by atoms with E-state index in [-0.39, 0.29) is 0 Å². The van der Waals surface area contributed by atoms with Gasteiger partial charge in [-0.25, -0.2) is 0 Å². The molecule has 0 aromatic heterocycles. The lowest BCUT2D eigenvalue weighted by Gasteiger charge is -2.27. The van der Waals surface area contributed by atoms with Crippen LogP contribution in [0.4, 0.5) is 0 Å².